The van der Waals surface area contributed by atoms with Crippen LogP contribution in [0.25, 0.3) is 10.9 Å². The van der Waals surface area contributed by atoms with Crippen LogP contribution in [0.1, 0.15) is 37.9 Å². The zero-order valence-corrected chi connectivity index (χ0v) is 18.1. The van der Waals surface area contributed by atoms with Crippen molar-refractivity contribution < 1.29 is 13.2 Å². The number of nitrogens with one attached hydrogen (secondary N) is 3. The number of aliphatic imine (C=N–C) groups is 1. The van der Waals surface area contributed by atoms with Gasteiger partial charge >= 0.3 is 6.18 Å². The Kier molecular flexibility index (Phi) is 6.31. The Bertz CT molecular complexity index is 1130. The van der Waals surface area contributed by atoms with Gasteiger partial charge in [-0.3, -0.25) is 10.2 Å². The molecule has 0 spiro atoms. The topological polar surface area (TPSA) is 85.0 Å². The van der Waals surface area contributed by atoms with Gasteiger partial charge in [0.2, 0.25) is 0 Å². The van der Waals surface area contributed by atoms with Gasteiger partial charge in [-0.05, 0) is 31.1 Å². The Labute approximate surface area is 183 Å². The maximum Gasteiger partial charge on any atom is 0.435 e. The first-order valence-electron chi connectivity index (χ1n) is 10.7. The first kappa shape index (κ1) is 22.1. The Morgan fingerprint density at radius 1 is 1.25 bits per heavy atom. The average Bonchev–Trinajstić information content (AvgIpc) is 3.45. The van der Waals surface area contributed by atoms with E-state index in [-0.39, 0.29) is 11.3 Å². The third kappa shape index (κ3) is 4.40. The van der Waals surface area contributed by atoms with E-state index in [0.717, 1.165) is 54.8 Å². The Morgan fingerprint density at radius 2 is 2.03 bits per heavy atom. The molecule has 0 atom stereocenters. The zero-order valence-electron chi connectivity index (χ0n) is 18.1. The summed E-state index contributed by atoms with van der Waals surface area (Å²) in [5, 5.41) is 17.1. The second-order valence-corrected chi connectivity index (χ2v) is 7.70. The molecule has 0 aliphatic carbocycles. The minimum absolute atomic E-state index is 0.0439. The van der Waals surface area contributed by atoms with Crippen LogP contribution in [0.2, 0.25) is 0 Å². The van der Waals surface area contributed by atoms with Crippen LogP contribution in [-0.2, 0) is 6.18 Å². The average molecular weight is 445 g/mol. The molecule has 1 aromatic carbocycles. The van der Waals surface area contributed by atoms with Crippen molar-refractivity contribution in [2.24, 2.45) is 4.99 Å². The number of nitrogens with zero attached hydrogens (tertiary/aromatic N) is 4. The van der Waals surface area contributed by atoms with Crippen LogP contribution < -0.4 is 10.2 Å². The van der Waals surface area contributed by atoms with E-state index in [0.29, 0.717) is 12.1 Å². The van der Waals surface area contributed by atoms with Gasteiger partial charge in [-0.1, -0.05) is 19.4 Å². The fraction of sp³-hybridized carbons (Fsp3) is 0.409. The third-order valence-electron chi connectivity index (χ3n) is 5.56. The lowest BCUT2D eigenvalue weighted by Gasteiger charge is -2.30. The van der Waals surface area contributed by atoms with Gasteiger partial charge in [0.15, 0.2) is 5.69 Å². The number of alkyl halides is 3. The number of allylic oxidation sites excluding steroid dienone is 2. The maximum atomic E-state index is 13.7. The highest BCUT2D eigenvalue weighted by Crippen LogP contribution is 2.37. The first-order chi connectivity index (χ1) is 15.4. The molecule has 170 valence electrons. The predicted molar refractivity (Wildman–Crippen MR) is 120 cm³/mol. The molecule has 0 amide bonds. The van der Waals surface area contributed by atoms with Gasteiger partial charge in [-0.15, -0.1) is 0 Å². The van der Waals surface area contributed by atoms with E-state index >= 15 is 0 Å². The standard InChI is InChI=1S/C22H26F3N7/c1-3-5-14(4-2)20(16-13-28-31-21(16)22(23,24)25)29-18-10-15-12-27-30-17(15)11-19(18)32-8-6-26-7-9-32/h4,10-13,26H,3,5-9H2,1-2H3,(H,27,30)(H,28,31)/b14-4+,29-20+. The molecule has 7 nitrogen and oxygen atoms in total. The molecule has 0 unspecified atom stereocenters. The highest BCUT2D eigenvalue weighted by atomic mass is 19.4. The number of halogens is 3. The van der Waals surface area contributed by atoms with Gasteiger partial charge in [-0.25, -0.2) is 4.99 Å². The summed E-state index contributed by atoms with van der Waals surface area (Å²) in [4.78, 5) is 7.05. The van der Waals surface area contributed by atoms with Crippen molar-refractivity contribution in [3.8, 4) is 0 Å². The molecular weight excluding hydrogens is 419 g/mol. The van der Waals surface area contributed by atoms with Crippen molar-refractivity contribution in [1.82, 2.24) is 25.7 Å². The number of anilines is 1. The first-order valence-corrected chi connectivity index (χ1v) is 10.7. The molecule has 10 heteroatoms. The molecule has 3 aromatic rings. The molecule has 1 aliphatic heterocycles. The largest absolute Gasteiger partial charge is 0.435 e. The summed E-state index contributed by atoms with van der Waals surface area (Å²) < 4.78 is 41.1. The van der Waals surface area contributed by atoms with E-state index < -0.39 is 11.9 Å². The summed E-state index contributed by atoms with van der Waals surface area (Å²) in [6, 6.07) is 3.85. The predicted octanol–water partition coefficient (Wildman–Crippen LogP) is 4.58. The lowest BCUT2D eigenvalue weighted by atomic mass is 9.98. The van der Waals surface area contributed by atoms with Gasteiger partial charge in [0.05, 0.1) is 34.4 Å². The lowest BCUT2D eigenvalue weighted by molar-refractivity contribution is -0.141. The summed E-state index contributed by atoms with van der Waals surface area (Å²) in [6.45, 7) is 7.03. The minimum Gasteiger partial charge on any atom is -0.367 e. The van der Waals surface area contributed by atoms with Crippen LogP contribution in [-0.4, -0.2) is 52.3 Å². The van der Waals surface area contributed by atoms with Crippen LogP contribution in [0, 0.1) is 0 Å². The number of piperazine rings is 1. The molecule has 3 heterocycles. The van der Waals surface area contributed by atoms with Crippen LogP contribution in [0.4, 0.5) is 24.5 Å². The minimum atomic E-state index is -4.59. The van der Waals surface area contributed by atoms with Crippen molar-refractivity contribution in [2.45, 2.75) is 32.9 Å². The molecule has 1 aliphatic rings. The molecule has 2 aromatic heterocycles. The SMILES string of the molecule is C/C=C(CCC)/C(=N\c1cc2cn[nH]c2cc1N1CCNCC1)c1c[nH]nc1C(F)(F)F. The molecule has 0 radical (unpaired) electrons. The van der Waals surface area contributed by atoms with Gasteiger partial charge in [0, 0.05) is 37.8 Å². The molecule has 1 fully saturated rings. The lowest BCUT2D eigenvalue weighted by Crippen LogP contribution is -2.43. The van der Waals surface area contributed by atoms with E-state index in [9.17, 15) is 13.2 Å². The summed E-state index contributed by atoms with van der Waals surface area (Å²) in [6.07, 6.45) is 1.60. The van der Waals surface area contributed by atoms with Gasteiger partial charge in [0.25, 0.3) is 0 Å². The molecule has 32 heavy (non-hydrogen) atoms. The summed E-state index contributed by atoms with van der Waals surface area (Å²) in [7, 11) is 0. The highest BCUT2D eigenvalue weighted by Gasteiger charge is 2.38. The van der Waals surface area contributed by atoms with Crippen molar-refractivity contribution in [1.29, 1.82) is 0 Å². The number of aromatic nitrogens is 4. The molecule has 3 N–H and O–H groups in total. The number of aromatic amines is 2. The Hall–Kier alpha value is -3.14. The van der Waals surface area contributed by atoms with Crippen molar-refractivity contribution in [3.05, 3.63) is 47.4 Å². The number of hydrogen-bond donors (Lipinski definition) is 3. The summed E-state index contributed by atoms with van der Waals surface area (Å²) >= 11 is 0. The second-order valence-electron chi connectivity index (χ2n) is 7.70. The van der Waals surface area contributed by atoms with Crippen LogP contribution in [0.5, 0.6) is 0 Å². The molecular formula is C22H26F3N7. The summed E-state index contributed by atoms with van der Waals surface area (Å²) in [5.41, 5.74) is 2.37. The third-order valence-corrected chi connectivity index (χ3v) is 5.56. The number of fused-ring (bicyclic) bond motifs is 1. The summed E-state index contributed by atoms with van der Waals surface area (Å²) in [5.74, 6) is 0. The molecule has 0 bridgehead atoms. The highest BCUT2D eigenvalue weighted by molar-refractivity contribution is 6.15. The molecule has 4 rings (SSSR count). The molecule has 0 saturated carbocycles. The second kappa shape index (κ2) is 9.15. The van der Waals surface area contributed by atoms with Gasteiger partial charge in [0.1, 0.15) is 0 Å². The van der Waals surface area contributed by atoms with Crippen molar-refractivity contribution in [2.75, 3.05) is 31.1 Å². The Morgan fingerprint density at radius 3 is 2.72 bits per heavy atom. The maximum absolute atomic E-state index is 13.7. The van der Waals surface area contributed by atoms with E-state index in [4.69, 9.17) is 4.99 Å². The van der Waals surface area contributed by atoms with Crippen LogP contribution in [0.15, 0.2) is 41.2 Å². The zero-order chi connectivity index (χ0) is 22.7. The number of hydrogen-bond acceptors (Lipinski definition) is 5. The van der Waals surface area contributed by atoms with Crippen molar-refractivity contribution >= 4 is 28.0 Å². The van der Waals surface area contributed by atoms with E-state index in [1.54, 1.807) is 6.20 Å². The Balaban J connectivity index is 1.92. The fourth-order valence-corrected chi connectivity index (χ4v) is 4.00. The molecule has 1 saturated heterocycles. The van der Waals surface area contributed by atoms with Crippen molar-refractivity contribution in [3.63, 3.8) is 0 Å². The van der Waals surface area contributed by atoms with Crippen LogP contribution in [0.3, 0.4) is 0 Å². The van der Waals surface area contributed by atoms with Crippen LogP contribution >= 0.6 is 0 Å². The van der Waals surface area contributed by atoms with E-state index in [1.807, 2.05) is 32.1 Å². The smallest absolute Gasteiger partial charge is 0.367 e. The van der Waals surface area contributed by atoms with Gasteiger partial charge < -0.3 is 10.2 Å². The fourth-order valence-electron chi connectivity index (χ4n) is 4.00. The number of rotatable bonds is 6. The monoisotopic (exact) mass is 445 g/mol. The number of H-pyrrole nitrogens is 2. The van der Waals surface area contributed by atoms with E-state index in [2.05, 4.69) is 30.6 Å². The van der Waals surface area contributed by atoms with E-state index in [1.165, 1.54) is 6.20 Å². The quantitative estimate of drug-likeness (QED) is 0.485. The normalized spacial score (nSPS) is 16.2. The number of benzene rings is 1. The van der Waals surface area contributed by atoms with Gasteiger partial charge in [-0.2, -0.15) is 23.4 Å².